The molecule has 0 fully saturated rings. The largest absolute Gasteiger partial charge is 0.497 e. The number of methoxy groups -OCH3 is 1. The zero-order valence-electron chi connectivity index (χ0n) is 15.7. The summed E-state index contributed by atoms with van der Waals surface area (Å²) >= 11 is 0. The molecule has 29 heavy (non-hydrogen) atoms. The standard InChI is InChI=1S/C21H19N5O3/c1-29-16-5-2-13(3-6-16)8-9-22-21(28)19-25-18-10-14(15-11-23-24-12-15)4-7-17(18)20(27)26-19/h2-7,10-12H,8-9H2,1H3,(H,22,28)(H,23,24)(H,25,26,27). The van der Waals surface area contributed by atoms with Crippen molar-refractivity contribution >= 4 is 16.8 Å². The molecule has 0 aliphatic heterocycles. The van der Waals surface area contributed by atoms with Crippen LogP contribution in [0.25, 0.3) is 22.0 Å². The van der Waals surface area contributed by atoms with E-state index >= 15 is 0 Å². The van der Waals surface area contributed by atoms with Crippen LogP contribution in [0.15, 0.2) is 59.7 Å². The number of nitrogens with one attached hydrogen (secondary N) is 3. The van der Waals surface area contributed by atoms with Crippen molar-refractivity contribution in [2.45, 2.75) is 6.42 Å². The average molecular weight is 389 g/mol. The number of benzene rings is 2. The second-order valence-corrected chi connectivity index (χ2v) is 6.49. The number of carbonyl (C=O) groups excluding carboxylic acids is 1. The van der Waals surface area contributed by atoms with Gasteiger partial charge in [0, 0.05) is 18.3 Å². The molecule has 0 saturated carbocycles. The first-order chi connectivity index (χ1) is 14.1. The van der Waals surface area contributed by atoms with Gasteiger partial charge in [0.1, 0.15) is 5.75 Å². The van der Waals surface area contributed by atoms with Crippen molar-refractivity contribution in [3.8, 4) is 16.9 Å². The minimum Gasteiger partial charge on any atom is -0.497 e. The van der Waals surface area contributed by atoms with Crippen LogP contribution in [0.3, 0.4) is 0 Å². The number of aromatic amines is 2. The summed E-state index contributed by atoms with van der Waals surface area (Å²) in [6, 6.07) is 12.9. The third kappa shape index (κ3) is 4.01. The zero-order chi connectivity index (χ0) is 20.2. The Bertz CT molecular complexity index is 1200. The van der Waals surface area contributed by atoms with Crippen LogP contribution < -0.4 is 15.6 Å². The molecule has 0 spiro atoms. The lowest BCUT2D eigenvalue weighted by molar-refractivity contribution is 0.0944. The number of ether oxygens (including phenoxy) is 1. The van der Waals surface area contributed by atoms with Crippen LogP contribution in [0.1, 0.15) is 16.2 Å². The average Bonchev–Trinajstić information content (AvgIpc) is 3.28. The lowest BCUT2D eigenvalue weighted by Crippen LogP contribution is -2.29. The summed E-state index contributed by atoms with van der Waals surface area (Å²) in [7, 11) is 1.62. The van der Waals surface area contributed by atoms with Gasteiger partial charge in [-0.1, -0.05) is 18.2 Å². The fraction of sp³-hybridized carbons (Fsp3) is 0.143. The van der Waals surface area contributed by atoms with E-state index in [4.69, 9.17) is 4.74 Å². The lowest BCUT2D eigenvalue weighted by Gasteiger charge is -2.07. The smallest absolute Gasteiger partial charge is 0.287 e. The van der Waals surface area contributed by atoms with Gasteiger partial charge in [-0.25, -0.2) is 4.98 Å². The number of carbonyl (C=O) groups is 1. The normalized spacial score (nSPS) is 10.8. The molecular weight excluding hydrogens is 370 g/mol. The topological polar surface area (TPSA) is 113 Å². The van der Waals surface area contributed by atoms with Gasteiger partial charge in [0.25, 0.3) is 11.5 Å². The minimum absolute atomic E-state index is 0.0124. The monoisotopic (exact) mass is 389 g/mol. The maximum atomic E-state index is 12.5. The van der Waals surface area contributed by atoms with Gasteiger partial charge in [0.05, 0.1) is 24.2 Å². The van der Waals surface area contributed by atoms with Gasteiger partial charge in [-0.15, -0.1) is 0 Å². The predicted molar refractivity (Wildman–Crippen MR) is 109 cm³/mol. The molecule has 1 amide bonds. The fourth-order valence-corrected chi connectivity index (χ4v) is 3.03. The fourth-order valence-electron chi connectivity index (χ4n) is 3.03. The van der Waals surface area contributed by atoms with E-state index in [-0.39, 0.29) is 11.4 Å². The molecule has 3 N–H and O–H groups in total. The number of aromatic nitrogens is 4. The highest BCUT2D eigenvalue weighted by molar-refractivity contribution is 5.93. The number of fused-ring (bicyclic) bond motifs is 1. The van der Waals surface area contributed by atoms with Crippen molar-refractivity contribution in [2.24, 2.45) is 0 Å². The Morgan fingerprint density at radius 1 is 1.14 bits per heavy atom. The molecule has 146 valence electrons. The highest BCUT2D eigenvalue weighted by atomic mass is 16.5. The second-order valence-electron chi connectivity index (χ2n) is 6.49. The molecule has 8 heteroatoms. The molecule has 0 bridgehead atoms. The van der Waals surface area contributed by atoms with Crippen LogP contribution in [0, 0.1) is 0 Å². The molecule has 4 rings (SSSR count). The van der Waals surface area contributed by atoms with E-state index in [1.807, 2.05) is 30.3 Å². The predicted octanol–water partition coefficient (Wildman–Crippen LogP) is 2.29. The van der Waals surface area contributed by atoms with Crippen LogP contribution in [0.2, 0.25) is 0 Å². The summed E-state index contributed by atoms with van der Waals surface area (Å²) in [5, 5.41) is 9.89. The molecule has 0 unspecified atom stereocenters. The van der Waals surface area contributed by atoms with E-state index in [2.05, 4.69) is 25.5 Å². The molecule has 8 nitrogen and oxygen atoms in total. The lowest BCUT2D eigenvalue weighted by atomic mass is 10.1. The Labute approximate surface area is 166 Å². The van der Waals surface area contributed by atoms with Crippen molar-refractivity contribution in [1.29, 1.82) is 0 Å². The molecule has 0 atom stereocenters. The summed E-state index contributed by atoms with van der Waals surface area (Å²) in [5.41, 5.74) is 2.90. The van der Waals surface area contributed by atoms with Crippen LogP contribution in [0.4, 0.5) is 0 Å². The molecule has 0 radical (unpaired) electrons. The van der Waals surface area contributed by atoms with E-state index in [1.165, 1.54) is 0 Å². The molecule has 0 aliphatic rings. The zero-order valence-corrected chi connectivity index (χ0v) is 15.7. The third-order valence-electron chi connectivity index (χ3n) is 4.61. The molecule has 4 aromatic rings. The molecular formula is C21H19N5O3. The maximum absolute atomic E-state index is 12.5. The van der Waals surface area contributed by atoms with Gasteiger partial charge in [0.2, 0.25) is 0 Å². The highest BCUT2D eigenvalue weighted by Crippen LogP contribution is 2.21. The molecule has 2 aromatic carbocycles. The van der Waals surface area contributed by atoms with Crippen LogP contribution in [-0.2, 0) is 6.42 Å². The Morgan fingerprint density at radius 3 is 2.69 bits per heavy atom. The summed E-state index contributed by atoms with van der Waals surface area (Å²) in [6.07, 6.45) is 4.08. The van der Waals surface area contributed by atoms with Gasteiger partial charge in [-0.3, -0.25) is 14.7 Å². The van der Waals surface area contributed by atoms with E-state index in [0.717, 1.165) is 22.4 Å². The Hall–Kier alpha value is -3.94. The Morgan fingerprint density at radius 2 is 1.97 bits per heavy atom. The maximum Gasteiger partial charge on any atom is 0.287 e. The summed E-state index contributed by atoms with van der Waals surface area (Å²) in [5.74, 6) is 0.346. The number of nitrogens with zero attached hydrogens (tertiary/aromatic N) is 2. The van der Waals surface area contributed by atoms with Gasteiger partial charge in [-0.05, 0) is 41.8 Å². The van der Waals surface area contributed by atoms with Gasteiger partial charge >= 0.3 is 0 Å². The number of rotatable bonds is 6. The van der Waals surface area contributed by atoms with Crippen LogP contribution in [0.5, 0.6) is 5.75 Å². The first-order valence-electron chi connectivity index (χ1n) is 9.08. The van der Waals surface area contributed by atoms with Crippen molar-refractivity contribution in [3.63, 3.8) is 0 Å². The SMILES string of the molecule is COc1ccc(CCNC(=O)c2nc3cc(-c4cn[nH]c4)ccc3c(=O)[nH]2)cc1. The van der Waals surface area contributed by atoms with Gasteiger partial charge < -0.3 is 15.0 Å². The number of hydrogen-bond acceptors (Lipinski definition) is 5. The third-order valence-corrected chi connectivity index (χ3v) is 4.61. The van der Waals surface area contributed by atoms with Crippen molar-refractivity contribution in [1.82, 2.24) is 25.5 Å². The molecule has 2 aromatic heterocycles. The van der Waals surface area contributed by atoms with Crippen LogP contribution in [-0.4, -0.2) is 39.7 Å². The highest BCUT2D eigenvalue weighted by Gasteiger charge is 2.12. The summed E-state index contributed by atoms with van der Waals surface area (Å²) < 4.78 is 5.13. The minimum atomic E-state index is -0.425. The summed E-state index contributed by atoms with van der Waals surface area (Å²) in [4.78, 5) is 31.7. The first-order valence-corrected chi connectivity index (χ1v) is 9.08. The number of hydrogen-bond donors (Lipinski definition) is 3. The molecule has 0 saturated heterocycles. The molecule has 2 heterocycles. The summed E-state index contributed by atoms with van der Waals surface area (Å²) in [6.45, 7) is 0.419. The van der Waals surface area contributed by atoms with Crippen molar-refractivity contribution in [3.05, 3.63) is 76.6 Å². The van der Waals surface area contributed by atoms with E-state index < -0.39 is 5.91 Å². The van der Waals surface area contributed by atoms with Crippen molar-refractivity contribution in [2.75, 3.05) is 13.7 Å². The Balaban J connectivity index is 1.50. The van der Waals surface area contributed by atoms with Gasteiger partial charge in [-0.2, -0.15) is 5.10 Å². The van der Waals surface area contributed by atoms with E-state index in [0.29, 0.717) is 23.9 Å². The van der Waals surface area contributed by atoms with Crippen LogP contribution >= 0.6 is 0 Å². The van der Waals surface area contributed by atoms with E-state index in [9.17, 15) is 9.59 Å². The molecule has 0 aliphatic carbocycles. The number of H-pyrrole nitrogens is 2. The Kier molecular flexibility index (Phi) is 5.07. The van der Waals surface area contributed by atoms with Crippen molar-refractivity contribution < 1.29 is 9.53 Å². The first kappa shape index (κ1) is 18.4. The number of amides is 1. The quantitative estimate of drug-likeness (QED) is 0.468. The van der Waals surface area contributed by atoms with E-state index in [1.54, 1.807) is 31.6 Å². The second kappa shape index (κ2) is 7.97. The van der Waals surface area contributed by atoms with Gasteiger partial charge in [0.15, 0.2) is 5.82 Å².